The van der Waals surface area contributed by atoms with E-state index in [-0.39, 0.29) is 18.1 Å². The van der Waals surface area contributed by atoms with Crippen LogP contribution in [0.1, 0.15) is 40.5 Å². The number of carboxylic acid groups (broad SMARTS) is 1. The summed E-state index contributed by atoms with van der Waals surface area (Å²) in [7, 11) is 0. The third-order valence-corrected chi connectivity index (χ3v) is 3.26. The molecule has 16 heavy (non-hydrogen) atoms. The predicted octanol–water partition coefficient (Wildman–Crippen LogP) is 1.66. The summed E-state index contributed by atoms with van der Waals surface area (Å²) in [6, 6.07) is 0. The minimum Gasteiger partial charge on any atom is -0.481 e. The topological polar surface area (TPSA) is 66.8 Å². The largest absolute Gasteiger partial charge is 0.481 e. The first-order valence-corrected chi connectivity index (χ1v) is 5.87. The van der Waals surface area contributed by atoms with Gasteiger partial charge in [-0.3, -0.25) is 4.79 Å². The van der Waals surface area contributed by atoms with Crippen LogP contribution >= 0.6 is 0 Å². The van der Waals surface area contributed by atoms with Crippen LogP contribution in [-0.2, 0) is 9.53 Å². The molecule has 0 saturated carbocycles. The van der Waals surface area contributed by atoms with Crippen molar-refractivity contribution in [2.75, 3.05) is 0 Å². The molecule has 4 nitrogen and oxygen atoms in total. The number of ether oxygens (including phenoxy) is 1. The highest BCUT2D eigenvalue weighted by molar-refractivity contribution is 5.72. The summed E-state index contributed by atoms with van der Waals surface area (Å²) in [5, 5.41) is 19.8. The summed E-state index contributed by atoms with van der Waals surface area (Å²) < 4.78 is 5.54. The second-order valence-electron chi connectivity index (χ2n) is 5.33. The van der Waals surface area contributed by atoms with E-state index in [1.165, 1.54) is 0 Å². The smallest absolute Gasteiger partial charge is 0.309 e. The fraction of sp³-hybridized carbons (Fsp3) is 0.917. The van der Waals surface area contributed by atoms with Gasteiger partial charge in [-0.1, -0.05) is 13.8 Å². The van der Waals surface area contributed by atoms with Crippen LogP contribution in [0.15, 0.2) is 0 Å². The molecule has 4 heteroatoms. The molecule has 0 bridgehead atoms. The monoisotopic (exact) mass is 230 g/mol. The summed E-state index contributed by atoms with van der Waals surface area (Å²) in [5.74, 6) is -1.72. The first kappa shape index (κ1) is 13.5. The maximum Gasteiger partial charge on any atom is 0.309 e. The molecule has 0 radical (unpaired) electrons. The highest BCUT2D eigenvalue weighted by Crippen LogP contribution is 2.38. The number of rotatable bonds is 3. The Balaban J connectivity index is 2.92. The molecule has 1 rings (SSSR count). The van der Waals surface area contributed by atoms with Crippen LogP contribution in [0.25, 0.3) is 0 Å². The maximum atomic E-state index is 11.3. The molecule has 1 saturated heterocycles. The van der Waals surface area contributed by atoms with E-state index in [0.29, 0.717) is 12.8 Å². The Kier molecular flexibility index (Phi) is 3.97. The second-order valence-corrected chi connectivity index (χ2v) is 5.33. The zero-order chi connectivity index (χ0) is 12.5. The van der Waals surface area contributed by atoms with Crippen LogP contribution < -0.4 is 0 Å². The van der Waals surface area contributed by atoms with Crippen LogP contribution in [0, 0.1) is 11.8 Å². The van der Waals surface area contributed by atoms with Gasteiger partial charge in [-0.05, 0) is 19.8 Å². The summed E-state index contributed by atoms with van der Waals surface area (Å²) in [5.41, 5.74) is -1.14. The van der Waals surface area contributed by atoms with Crippen LogP contribution in [0.5, 0.6) is 0 Å². The summed E-state index contributed by atoms with van der Waals surface area (Å²) in [6.07, 6.45) is 0.614. The molecule has 0 spiro atoms. The van der Waals surface area contributed by atoms with Gasteiger partial charge in [0.2, 0.25) is 0 Å². The lowest BCUT2D eigenvalue weighted by Gasteiger charge is -2.43. The van der Waals surface area contributed by atoms with Crippen molar-refractivity contribution in [3.05, 3.63) is 0 Å². The van der Waals surface area contributed by atoms with E-state index in [1.807, 2.05) is 27.7 Å². The van der Waals surface area contributed by atoms with E-state index in [9.17, 15) is 15.0 Å². The van der Waals surface area contributed by atoms with E-state index in [0.717, 1.165) is 0 Å². The van der Waals surface area contributed by atoms with E-state index in [2.05, 4.69) is 0 Å². The Morgan fingerprint density at radius 1 is 1.31 bits per heavy atom. The van der Waals surface area contributed by atoms with Gasteiger partial charge in [0.25, 0.3) is 0 Å². The summed E-state index contributed by atoms with van der Waals surface area (Å²) >= 11 is 0. The van der Waals surface area contributed by atoms with Crippen molar-refractivity contribution in [1.29, 1.82) is 0 Å². The van der Waals surface area contributed by atoms with Crippen LogP contribution in [0.2, 0.25) is 0 Å². The number of aliphatic carboxylic acids is 1. The fourth-order valence-corrected chi connectivity index (χ4v) is 2.96. The molecule has 3 unspecified atom stereocenters. The van der Waals surface area contributed by atoms with Gasteiger partial charge in [0, 0.05) is 12.8 Å². The molecule has 3 atom stereocenters. The van der Waals surface area contributed by atoms with Crippen molar-refractivity contribution in [3.8, 4) is 0 Å². The van der Waals surface area contributed by atoms with Gasteiger partial charge < -0.3 is 14.9 Å². The normalized spacial score (nSPS) is 37.4. The number of carboxylic acids is 1. The summed E-state index contributed by atoms with van der Waals surface area (Å²) in [4.78, 5) is 11.3. The lowest BCUT2D eigenvalue weighted by atomic mass is 9.72. The van der Waals surface area contributed by atoms with Gasteiger partial charge in [0.05, 0.1) is 23.7 Å². The number of hydrogen-bond acceptors (Lipinski definition) is 3. The maximum absolute atomic E-state index is 11.3. The molecule has 0 amide bonds. The zero-order valence-electron chi connectivity index (χ0n) is 10.4. The van der Waals surface area contributed by atoms with Crippen molar-refractivity contribution in [1.82, 2.24) is 0 Å². The molecule has 1 aliphatic heterocycles. The number of aliphatic hydroxyl groups is 1. The van der Waals surface area contributed by atoms with E-state index in [1.54, 1.807) is 0 Å². The molecule has 2 N–H and O–H groups in total. The molecule has 1 aliphatic rings. The third-order valence-electron chi connectivity index (χ3n) is 3.26. The molecular weight excluding hydrogens is 208 g/mol. The first-order chi connectivity index (χ1) is 7.26. The first-order valence-electron chi connectivity index (χ1n) is 5.87. The van der Waals surface area contributed by atoms with Crippen molar-refractivity contribution in [2.24, 2.45) is 11.8 Å². The van der Waals surface area contributed by atoms with Crippen LogP contribution in [0.4, 0.5) is 0 Å². The fourth-order valence-electron chi connectivity index (χ4n) is 2.96. The highest BCUT2D eigenvalue weighted by atomic mass is 16.5. The van der Waals surface area contributed by atoms with Crippen molar-refractivity contribution in [3.63, 3.8) is 0 Å². The quantitative estimate of drug-likeness (QED) is 0.773. The molecule has 0 aliphatic carbocycles. The standard InChI is InChI=1S/C12H22O4/c1-7(2)10(11(13)14)12(15)5-8(3)16-9(4)6-12/h7-10,15H,5-6H2,1-4H3,(H,13,14). The molecule has 1 heterocycles. The number of hydrogen-bond donors (Lipinski definition) is 2. The van der Waals surface area contributed by atoms with Crippen molar-refractivity contribution < 1.29 is 19.7 Å². The average Bonchev–Trinajstić information content (AvgIpc) is 1.96. The third kappa shape index (κ3) is 2.74. The lowest BCUT2D eigenvalue weighted by molar-refractivity contribution is -0.182. The molecular formula is C12H22O4. The predicted molar refractivity (Wildman–Crippen MR) is 60.2 cm³/mol. The lowest BCUT2D eigenvalue weighted by Crippen LogP contribution is -2.52. The molecule has 0 aromatic carbocycles. The van der Waals surface area contributed by atoms with Crippen molar-refractivity contribution >= 4 is 5.97 Å². The second kappa shape index (κ2) is 4.72. The van der Waals surface area contributed by atoms with E-state index >= 15 is 0 Å². The van der Waals surface area contributed by atoms with E-state index < -0.39 is 17.5 Å². The minimum atomic E-state index is -1.14. The van der Waals surface area contributed by atoms with Gasteiger partial charge in [-0.2, -0.15) is 0 Å². The van der Waals surface area contributed by atoms with E-state index in [4.69, 9.17) is 4.74 Å². The Labute approximate surface area is 96.6 Å². The Morgan fingerprint density at radius 3 is 2.06 bits per heavy atom. The Bertz CT molecular complexity index is 252. The highest BCUT2D eigenvalue weighted by Gasteiger charge is 2.47. The van der Waals surface area contributed by atoms with Gasteiger partial charge in [-0.15, -0.1) is 0 Å². The number of carbonyl (C=O) groups is 1. The molecule has 1 fully saturated rings. The van der Waals surface area contributed by atoms with Gasteiger partial charge >= 0.3 is 5.97 Å². The van der Waals surface area contributed by atoms with Crippen LogP contribution in [0.3, 0.4) is 0 Å². The average molecular weight is 230 g/mol. The SMILES string of the molecule is CC1CC(O)(C(C(=O)O)C(C)C)CC(C)O1. The van der Waals surface area contributed by atoms with Gasteiger partial charge in [-0.25, -0.2) is 0 Å². The van der Waals surface area contributed by atoms with Gasteiger partial charge in [0.15, 0.2) is 0 Å². The van der Waals surface area contributed by atoms with Crippen molar-refractivity contribution in [2.45, 2.75) is 58.3 Å². The molecule has 0 aromatic rings. The Morgan fingerprint density at radius 2 is 1.75 bits per heavy atom. The minimum absolute atomic E-state index is 0.0833. The van der Waals surface area contributed by atoms with Crippen LogP contribution in [-0.4, -0.2) is 34.0 Å². The molecule has 94 valence electrons. The summed E-state index contributed by atoms with van der Waals surface area (Å²) in [6.45, 7) is 7.42. The molecule has 0 aromatic heterocycles. The Hall–Kier alpha value is -0.610. The zero-order valence-corrected chi connectivity index (χ0v) is 10.4. The van der Waals surface area contributed by atoms with Gasteiger partial charge in [0.1, 0.15) is 0 Å².